The van der Waals surface area contributed by atoms with Crippen molar-refractivity contribution in [1.29, 1.82) is 0 Å². The zero-order valence-corrected chi connectivity index (χ0v) is 11.7. The summed E-state index contributed by atoms with van der Waals surface area (Å²) in [6.07, 6.45) is 0. The molecule has 0 aliphatic rings. The Labute approximate surface area is 105 Å². The van der Waals surface area contributed by atoms with E-state index in [2.05, 4.69) is 52.8 Å². The molecule has 0 saturated heterocycles. The normalized spacial score (nSPS) is 12.9. The van der Waals surface area contributed by atoms with Crippen LogP contribution in [-0.4, -0.2) is 11.7 Å². The van der Waals surface area contributed by atoms with Gasteiger partial charge in [0, 0.05) is 12.0 Å². The van der Waals surface area contributed by atoms with Gasteiger partial charge in [-0.25, -0.2) is 0 Å². The second kappa shape index (κ2) is 4.79. The molecule has 0 fully saturated rings. The number of aliphatic hydroxyl groups excluding tert-OH is 1. The third kappa shape index (κ3) is 3.30. The van der Waals surface area contributed by atoms with Crippen molar-refractivity contribution in [3.8, 4) is 0 Å². The molecule has 1 aromatic rings. The van der Waals surface area contributed by atoms with E-state index in [4.69, 9.17) is 5.73 Å². The molecular weight excluding hydrogens is 210 g/mol. The first-order valence-corrected chi connectivity index (χ1v) is 6.16. The lowest BCUT2D eigenvalue weighted by molar-refractivity contribution is 0.218. The summed E-state index contributed by atoms with van der Waals surface area (Å²) in [6, 6.07) is 6.46. The molecule has 0 aromatic heterocycles. The predicted molar refractivity (Wildman–Crippen MR) is 73.1 cm³/mol. The molecule has 1 aromatic carbocycles. The van der Waals surface area contributed by atoms with Gasteiger partial charge in [0.15, 0.2) is 0 Å². The quantitative estimate of drug-likeness (QED) is 0.846. The maximum atomic E-state index is 9.47. The van der Waals surface area contributed by atoms with Gasteiger partial charge >= 0.3 is 0 Å². The van der Waals surface area contributed by atoms with Crippen molar-refractivity contribution >= 4 is 0 Å². The summed E-state index contributed by atoms with van der Waals surface area (Å²) in [5.41, 5.74) is 9.21. The molecule has 0 unspecified atom stereocenters. The molecule has 0 spiro atoms. The van der Waals surface area contributed by atoms with Crippen molar-refractivity contribution in [1.82, 2.24) is 0 Å². The second-order valence-corrected chi connectivity index (χ2v) is 6.41. The molecule has 1 rings (SSSR count). The van der Waals surface area contributed by atoms with Crippen LogP contribution in [0.4, 0.5) is 0 Å². The second-order valence-electron chi connectivity index (χ2n) is 6.41. The summed E-state index contributed by atoms with van der Waals surface area (Å²) in [5, 5.41) is 9.47. The number of hydrogen-bond acceptors (Lipinski definition) is 2. The first kappa shape index (κ1) is 14.2. The minimum atomic E-state index is -0.217. The zero-order valence-electron chi connectivity index (χ0n) is 11.7. The average molecular weight is 235 g/mol. The largest absolute Gasteiger partial charge is 0.395 e. The van der Waals surface area contributed by atoms with Crippen molar-refractivity contribution in [3.63, 3.8) is 0 Å². The number of rotatable bonds is 3. The minimum absolute atomic E-state index is 0.103. The lowest BCUT2D eigenvalue weighted by atomic mass is 9.79. The molecule has 2 heteroatoms. The van der Waals surface area contributed by atoms with E-state index in [-0.39, 0.29) is 17.4 Å². The Morgan fingerprint density at radius 1 is 1.00 bits per heavy atom. The van der Waals surface area contributed by atoms with E-state index in [1.165, 1.54) is 5.56 Å². The van der Waals surface area contributed by atoms with Crippen LogP contribution in [0.15, 0.2) is 18.2 Å². The average Bonchev–Trinajstić information content (AvgIpc) is 2.27. The van der Waals surface area contributed by atoms with Crippen molar-refractivity contribution in [3.05, 3.63) is 34.9 Å². The van der Waals surface area contributed by atoms with E-state index >= 15 is 0 Å². The third-order valence-corrected chi connectivity index (χ3v) is 3.27. The molecule has 0 aliphatic heterocycles. The lowest BCUT2D eigenvalue weighted by Gasteiger charge is -2.27. The summed E-state index contributed by atoms with van der Waals surface area (Å²) in [7, 11) is 0. The van der Waals surface area contributed by atoms with Crippen LogP contribution in [0.5, 0.6) is 0 Å². The Morgan fingerprint density at radius 3 is 1.94 bits per heavy atom. The summed E-state index contributed by atoms with van der Waals surface area (Å²) in [6.45, 7) is 11.4. The summed E-state index contributed by atoms with van der Waals surface area (Å²) >= 11 is 0. The van der Waals surface area contributed by atoms with E-state index in [9.17, 15) is 5.11 Å². The van der Waals surface area contributed by atoms with E-state index in [0.717, 1.165) is 11.1 Å². The van der Waals surface area contributed by atoms with Crippen molar-refractivity contribution in [2.45, 2.75) is 52.0 Å². The van der Waals surface area contributed by atoms with Crippen LogP contribution >= 0.6 is 0 Å². The highest BCUT2D eigenvalue weighted by molar-refractivity contribution is 5.37. The fraction of sp³-hybridized carbons (Fsp3) is 0.600. The molecule has 0 radical (unpaired) electrons. The van der Waals surface area contributed by atoms with Gasteiger partial charge in [-0.15, -0.1) is 0 Å². The molecule has 0 heterocycles. The first-order valence-electron chi connectivity index (χ1n) is 6.16. The van der Waals surface area contributed by atoms with Crippen molar-refractivity contribution < 1.29 is 5.11 Å². The van der Waals surface area contributed by atoms with Crippen molar-refractivity contribution in [2.24, 2.45) is 5.73 Å². The van der Waals surface area contributed by atoms with Crippen LogP contribution in [0.25, 0.3) is 0 Å². The number of hydrogen-bond donors (Lipinski definition) is 2. The van der Waals surface area contributed by atoms with Gasteiger partial charge in [0.2, 0.25) is 0 Å². The monoisotopic (exact) mass is 235 g/mol. The molecule has 96 valence electrons. The van der Waals surface area contributed by atoms with Gasteiger partial charge in [0.05, 0.1) is 6.61 Å². The highest BCUT2D eigenvalue weighted by Gasteiger charge is 2.23. The van der Waals surface area contributed by atoms with Crippen molar-refractivity contribution in [2.75, 3.05) is 6.61 Å². The maximum absolute atomic E-state index is 9.47. The topological polar surface area (TPSA) is 46.2 Å². The van der Waals surface area contributed by atoms with Gasteiger partial charge in [-0.1, -0.05) is 52.8 Å². The zero-order chi connectivity index (χ0) is 13.3. The van der Waals surface area contributed by atoms with Gasteiger partial charge in [-0.05, 0) is 22.1 Å². The molecule has 0 saturated carbocycles. The van der Waals surface area contributed by atoms with Gasteiger partial charge < -0.3 is 10.8 Å². The first-order chi connectivity index (χ1) is 7.70. The SMILES string of the molecule is CC(C)(C)c1cc(CN)cc(C(C)(C)CO)c1. The van der Waals surface area contributed by atoms with Crippen LogP contribution in [0.2, 0.25) is 0 Å². The van der Waals surface area contributed by atoms with E-state index in [1.807, 2.05) is 0 Å². The summed E-state index contributed by atoms with van der Waals surface area (Å²) in [5.74, 6) is 0. The van der Waals surface area contributed by atoms with E-state index in [0.29, 0.717) is 6.54 Å². The standard InChI is InChI=1S/C15H25NO/c1-14(2,3)12-6-11(9-16)7-13(8-12)15(4,5)10-17/h6-8,17H,9-10,16H2,1-5H3. The lowest BCUT2D eigenvalue weighted by Crippen LogP contribution is -2.24. The van der Waals surface area contributed by atoms with Gasteiger partial charge in [0.25, 0.3) is 0 Å². The van der Waals surface area contributed by atoms with Crippen LogP contribution < -0.4 is 5.73 Å². The Hall–Kier alpha value is -0.860. The molecule has 0 atom stereocenters. The Balaban J connectivity index is 3.34. The summed E-state index contributed by atoms with van der Waals surface area (Å²) in [4.78, 5) is 0. The molecule has 17 heavy (non-hydrogen) atoms. The Bertz CT molecular complexity index is 388. The molecule has 0 bridgehead atoms. The van der Waals surface area contributed by atoms with Crippen LogP contribution in [0.3, 0.4) is 0 Å². The number of nitrogens with two attached hydrogens (primary N) is 1. The predicted octanol–water partition coefficient (Wildman–Crippen LogP) is 2.71. The van der Waals surface area contributed by atoms with Crippen LogP contribution in [-0.2, 0) is 17.4 Å². The summed E-state index contributed by atoms with van der Waals surface area (Å²) < 4.78 is 0. The fourth-order valence-electron chi connectivity index (χ4n) is 1.72. The molecule has 3 N–H and O–H groups in total. The third-order valence-electron chi connectivity index (χ3n) is 3.27. The van der Waals surface area contributed by atoms with Crippen LogP contribution in [0, 0.1) is 0 Å². The number of benzene rings is 1. The Kier molecular flexibility index (Phi) is 4.00. The smallest absolute Gasteiger partial charge is 0.0522 e. The Morgan fingerprint density at radius 2 is 1.53 bits per heavy atom. The molecule has 2 nitrogen and oxygen atoms in total. The molecule has 0 amide bonds. The minimum Gasteiger partial charge on any atom is -0.395 e. The van der Waals surface area contributed by atoms with E-state index < -0.39 is 0 Å². The maximum Gasteiger partial charge on any atom is 0.0522 e. The van der Waals surface area contributed by atoms with E-state index in [1.54, 1.807) is 0 Å². The van der Waals surface area contributed by atoms with Gasteiger partial charge in [-0.3, -0.25) is 0 Å². The molecular formula is C15H25NO. The fourth-order valence-corrected chi connectivity index (χ4v) is 1.72. The number of aliphatic hydroxyl groups is 1. The highest BCUT2D eigenvalue weighted by Crippen LogP contribution is 2.30. The van der Waals surface area contributed by atoms with Crippen LogP contribution in [0.1, 0.15) is 51.3 Å². The highest BCUT2D eigenvalue weighted by atomic mass is 16.3. The van der Waals surface area contributed by atoms with Gasteiger partial charge in [0.1, 0.15) is 0 Å². The molecule has 0 aliphatic carbocycles. The van der Waals surface area contributed by atoms with Gasteiger partial charge in [-0.2, -0.15) is 0 Å².